The molecule has 0 aliphatic rings. The van der Waals surface area contributed by atoms with Gasteiger partial charge in [0.05, 0.1) is 10.6 Å². The van der Waals surface area contributed by atoms with Crippen LogP contribution in [0.15, 0.2) is 18.2 Å². The molecule has 1 aromatic carbocycles. The number of alkyl halides is 3. The number of nitrogens with two attached hydrogens (primary N) is 1. The summed E-state index contributed by atoms with van der Waals surface area (Å²) in [6, 6.07) is 2.28. The summed E-state index contributed by atoms with van der Waals surface area (Å²) >= 11 is 5.30. The second-order valence-corrected chi connectivity index (χ2v) is 4.28. The van der Waals surface area contributed by atoms with E-state index in [2.05, 4.69) is 9.32 Å². The Morgan fingerprint density at radius 2 is 1.88 bits per heavy atom. The lowest BCUT2D eigenvalue weighted by molar-refractivity contribution is -0.137. The van der Waals surface area contributed by atoms with Crippen molar-refractivity contribution in [2.75, 3.05) is 0 Å². The highest BCUT2D eigenvalue weighted by atomic mass is 35.5. The highest BCUT2D eigenvalue weighted by molar-refractivity contribution is 7.84. The molecule has 0 unspecified atom stereocenters. The molecule has 4 nitrogen and oxygen atoms in total. The van der Waals surface area contributed by atoms with Crippen LogP contribution in [0.5, 0.6) is 5.75 Å². The Bertz CT molecular complexity index is 500. The monoisotopic (exact) mass is 275 g/mol. The lowest BCUT2D eigenvalue weighted by Gasteiger charge is -2.10. The van der Waals surface area contributed by atoms with Crippen LogP contribution in [0.4, 0.5) is 13.2 Å². The first-order chi connectivity index (χ1) is 7.09. The number of benzene rings is 1. The molecule has 0 bridgehead atoms. The first-order valence-corrected chi connectivity index (χ1v) is 5.53. The zero-order chi connectivity index (χ0) is 12.6. The minimum Gasteiger partial charge on any atom is -0.371 e. The van der Waals surface area contributed by atoms with E-state index in [0.717, 1.165) is 12.1 Å². The fourth-order valence-corrected chi connectivity index (χ4v) is 1.50. The zero-order valence-corrected chi connectivity index (χ0v) is 9.03. The highest BCUT2D eigenvalue weighted by Gasteiger charge is 2.33. The van der Waals surface area contributed by atoms with Gasteiger partial charge < -0.3 is 4.18 Å². The van der Waals surface area contributed by atoms with Gasteiger partial charge in [0.1, 0.15) is 5.75 Å². The normalized spacial score (nSPS) is 12.6. The first kappa shape index (κ1) is 13.1. The number of rotatable bonds is 2. The fourth-order valence-electron chi connectivity index (χ4n) is 0.908. The Balaban J connectivity index is 3.18. The minimum atomic E-state index is -4.70. The van der Waals surface area contributed by atoms with Gasteiger partial charge in [-0.3, -0.25) is 0 Å². The van der Waals surface area contributed by atoms with Crippen LogP contribution < -0.4 is 9.32 Å². The van der Waals surface area contributed by atoms with E-state index in [-0.39, 0.29) is 0 Å². The van der Waals surface area contributed by atoms with Crippen LogP contribution in [0.2, 0.25) is 5.02 Å². The SMILES string of the molecule is NS(=O)(=O)Oc1ccc(Cl)c(C(F)(F)F)c1. The Hall–Kier alpha value is -0.990. The van der Waals surface area contributed by atoms with Crippen LogP contribution >= 0.6 is 11.6 Å². The lowest BCUT2D eigenvalue weighted by atomic mass is 10.2. The summed E-state index contributed by atoms with van der Waals surface area (Å²) in [4.78, 5) is 0. The summed E-state index contributed by atoms with van der Waals surface area (Å²) in [6.45, 7) is 0. The summed E-state index contributed by atoms with van der Waals surface area (Å²) in [7, 11) is -4.36. The zero-order valence-electron chi connectivity index (χ0n) is 7.45. The summed E-state index contributed by atoms with van der Waals surface area (Å²) < 4.78 is 62.1. The molecule has 0 saturated carbocycles. The maximum atomic E-state index is 12.3. The van der Waals surface area contributed by atoms with Gasteiger partial charge in [-0.2, -0.15) is 26.7 Å². The van der Waals surface area contributed by atoms with E-state index in [0.29, 0.717) is 6.07 Å². The summed E-state index contributed by atoms with van der Waals surface area (Å²) in [5.41, 5.74) is -1.20. The Labute approximate surface area is 94.0 Å². The van der Waals surface area contributed by atoms with Crippen LogP contribution in [-0.4, -0.2) is 8.42 Å². The average Bonchev–Trinajstić information content (AvgIpc) is 2.04. The van der Waals surface area contributed by atoms with Crippen LogP contribution in [0.3, 0.4) is 0 Å². The first-order valence-electron chi connectivity index (χ1n) is 3.68. The third-order valence-corrected chi connectivity index (χ3v) is 2.21. The van der Waals surface area contributed by atoms with E-state index >= 15 is 0 Å². The van der Waals surface area contributed by atoms with E-state index in [4.69, 9.17) is 11.6 Å². The lowest BCUT2D eigenvalue weighted by Crippen LogP contribution is -2.19. The molecule has 2 N–H and O–H groups in total. The predicted molar refractivity (Wildman–Crippen MR) is 50.2 cm³/mol. The molecule has 0 aliphatic heterocycles. The second-order valence-electron chi connectivity index (χ2n) is 2.72. The van der Waals surface area contributed by atoms with Crippen LogP contribution in [0.25, 0.3) is 0 Å². The molecular weight excluding hydrogens is 271 g/mol. The largest absolute Gasteiger partial charge is 0.417 e. The van der Waals surface area contributed by atoms with Crippen LogP contribution in [-0.2, 0) is 16.5 Å². The Kier molecular flexibility index (Phi) is 3.36. The van der Waals surface area contributed by atoms with Crippen LogP contribution in [0.1, 0.15) is 5.56 Å². The van der Waals surface area contributed by atoms with Gasteiger partial charge in [0, 0.05) is 0 Å². The average molecular weight is 276 g/mol. The Morgan fingerprint density at radius 1 is 1.31 bits per heavy atom. The molecule has 0 aliphatic carbocycles. The minimum absolute atomic E-state index is 0.451. The van der Waals surface area contributed by atoms with Gasteiger partial charge in [0.15, 0.2) is 0 Å². The molecule has 90 valence electrons. The molecule has 0 saturated heterocycles. The maximum absolute atomic E-state index is 12.3. The molecular formula is C7H5ClF3NO3S. The Morgan fingerprint density at radius 3 is 2.31 bits per heavy atom. The molecule has 0 radical (unpaired) electrons. The van der Waals surface area contributed by atoms with Gasteiger partial charge >= 0.3 is 16.5 Å². The van der Waals surface area contributed by atoms with Gasteiger partial charge in [0.2, 0.25) is 0 Å². The second kappa shape index (κ2) is 4.11. The van der Waals surface area contributed by atoms with Crippen molar-refractivity contribution in [3.8, 4) is 5.75 Å². The topological polar surface area (TPSA) is 69.4 Å². The molecule has 0 spiro atoms. The van der Waals surface area contributed by atoms with Crippen molar-refractivity contribution in [3.05, 3.63) is 28.8 Å². The van der Waals surface area contributed by atoms with E-state index in [1.165, 1.54) is 0 Å². The third-order valence-electron chi connectivity index (χ3n) is 1.46. The molecule has 1 rings (SSSR count). The van der Waals surface area contributed by atoms with Crippen molar-refractivity contribution in [2.24, 2.45) is 5.14 Å². The summed E-state index contributed by atoms with van der Waals surface area (Å²) in [5, 5.41) is 3.94. The third kappa shape index (κ3) is 3.54. The molecule has 0 amide bonds. The summed E-state index contributed by atoms with van der Waals surface area (Å²) in [6.07, 6.45) is -4.70. The predicted octanol–water partition coefficient (Wildman–Crippen LogP) is 1.94. The van der Waals surface area contributed by atoms with Gasteiger partial charge in [-0.05, 0) is 18.2 Å². The van der Waals surface area contributed by atoms with E-state index in [1.54, 1.807) is 0 Å². The molecule has 0 aromatic heterocycles. The van der Waals surface area contributed by atoms with Gasteiger partial charge in [-0.1, -0.05) is 11.6 Å². The number of halogens is 4. The van der Waals surface area contributed by atoms with Crippen molar-refractivity contribution in [1.29, 1.82) is 0 Å². The van der Waals surface area contributed by atoms with Crippen molar-refractivity contribution >= 4 is 21.9 Å². The van der Waals surface area contributed by atoms with Crippen LogP contribution in [0, 0.1) is 0 Å². The molecule has 16 heavy (non-hydrogen) atoms. The fraction of sp³-hybridized carbons (Fsp3) is 0.143. The van der Waals surface area contributed by atoms with Gasteiger partial charge in [-0.15, -0.1) is 0 Å². The van der Waals surface area contributed by atoms with Gasteiger partial charge in [-0.25, -0.2) is 0 Å². The van der Waals surface area contributed by atoms with Crippen molar-refractivity contribution in [2.45, 2.75) is 6.18 Å². The summed E-state index contributed by atoms with van der Waals surface area (Å²) in [5.74, 6) is -0.556. The molecule has 1 aromatic rings. The highest BCUT2D eigenvalue weighted by Crippen LogP contribution is 2.36. The van der Waals surface area contributed by atoms with Crippen molar-refractivity contribution < 1.29 is 25.8 Å². The van der Waals surface area contributed by atoms with E-state index in [9.17, 15) is 21.6 Å². The maximum Gasteiger partial charge on any atom is 0.417 e. The molecule has 9 heteroatoms. The smallest absolute Gasteiger partial charge is 0.371 e. The molecule has 0 heterocycles. The molecule has 0 atom stereocenters. The number of hydrogen-bond donors (Lipinski definition) is 1. The number of hydrogen-bond acceptors (Lipinski definition) is 3. The van der Waals surface area contributed by atoms with Gasteiger partial charge in [0.25, 0.3) is 0 Å². The van der Waals surface area contributed by atoms with E-state index in [1.807, 2.05) is 0 Å². The standard InChI is InChI=1S/C7H5ClF3NO3S/c8-6-2-1-4(15-16(12,13)14)3-5(6)7(9,10)11/h1-3H,(H2,12,13,14). The van der Waals surface area contributed by atoms with E-state index < -0.39 is 32.8 Å². The molecule has 0 fully saturated rings. The van der Waals surface area contributed by atoms with Crippen molar-refractivity contribution in [3.63, 3.8) is 0 Å². The van der Waals surface area contributed by atoms with Crippen molar-refractivity contribution in [1.82, 2.24) is 0 Å². The quantitative estimate of drug-likeness (QED) is 0.897.